The highest BCUT2D eigenvalue weighted by molar-refractivity contribution is 5.96. The van der Waals surface area contributed by atoms with Crippen LogP contribution in [0.15, 0.2) is 85.1 Å². The summed E-state index contributed by atoms with van der Waals surface area (Å²) in [6, 6.07) is 26.5. The molecule has 1 saturated heterocycles. The van der Waals surface area contributed by atoms with Gasteiger partial charge in [0.25, 0.3) is 0 Å². The maximum Gasteiger partial charge on any atom is 0.233 e. The van der Waals surface area contributed by atoms with Crippen molar-refractivity contribution in [3.05, 3.63) is 96.4 Å². The zero-order valence-electron chi connectivity index (χ0n) is 22.9. The first kappa shape index (κ1) is 26.6. The number of hydrogen-bond acceptors (Lipinski definition) is 5. The van der Waals surface area contributed by atoms with Gasteiger partial charge in [-0.25, -0.2) is 0 Å². The van der Waals surface area contributed by atoms with Crippen LogP contribution in [-0.4, -0.2) is 42.2 Å². The summed E-state index contributed by atoms with van der Waals surface area (Å²) in [4.78, 5) is 25.1. The smallest absolute Gasteiger partial charge is 0.233 e. The molecule has 1 atom stereocenters. The van der Waals surface area contributed by atoms with Gasteiger partial charge in [0.05, 0.1) is 30.5 Å². The van der Waals surface area contributed by atoms with Crippen LogP contribution in [0.4, 0.5) is 11.4 Å². The average molecular weight is 521 g/mol. The monoisotopic (exact) mass is 520 g/mol. The lowest BCUT2D eigenvalue weighted by atomic mass is 9.92. The maximum atomic E-state index is 13.5. The number of nitrogens with zero attached hydrogens (tertiary/aromatic N) is 3. The second-order valence-electron chi connectivity index (χ2n) is 10.5. The highest BCUT2D eigenvalue weighted by atomic mass is 16.5. The van der Waals surface area contributed by atoms with Crippen molar-refractivity contribution in [1.82, 2.24) is 9.97 Å². The molecule has 200 valence electrons. The number of carbonyl (C=O) groups is 1. The number of amides is 1. The van der Waals surface area contributed by atoms with Gasteiger partial charge in [-0.15, -0.1) is 0 Å². The Hall–Kier alpha value is -4.03. The molecule has 2 aromatic heterocycles. The molecule has 1 aliphatic rings. The van der Waals surface area contributed by atoms with Crippen LogP contribution in [0.2, 0.25) is 0 Å². The van der Waals surface area contributed by atoms with Gasteiger partial charge in [0, 0.05) is 41.9 Å². The number of ether oxygens (including phenoxy) is 1. The third-order valence-electron chi connectivity index (χ3n) is 7.07. The Labute approximate surface area is 231 Å². The molecule has 0 spiro atoms. The van der Waals surface area contributed by atoms with Crippen molar-refractivity contribution in [3.63, 3.8) is 0 Å². The van der Waals surface area contributed by atoms with Crippen LogP contribution >= 0.6 is 0 Å². The third-order valence-corrected chi connectivity index (χ3v) is 7.07. The van der Waals surface area contributed by atoms with Gasteiger partial charge in [-0.3, -0.25) is 14.8 Å². The van der Waals surface area contributed by atoms with Crippen molar-refractivity contribution < 1.29 is 9.53 Å². The van der Waals surface area contributed by atoms with E-state index in [9.17, 15) is 4.79 Å². The minimum absolute atomic E-state index is 0.0384. The van der Waals surface area contributed by atoms with E-state index in [0.717, 1.165) is 65.8 Å². The van der Waals surface area contributed by atoms with E-state index in [2.05, 4.69) is 59.4 Å². The number of aromatic nitrogens is 2. The quantitative estimate of drug-likeness (QED) is 0.279. The lowest BCUT2D eigenvalue weighted by Crippen LogP contribution is -2.36. The van der Waals surface area contributed by atoms with Crippen molar-refractivity contribution in [2.24, 2.45) is 5.92 Å². The van der Waals surface area contributed by atoms with Gasteiger partial charge in [0.1, 0.15) is 0 Å². The van der Waals surface area contributed by atoms with Crippen molar-refractivity contribution in [3.8, 4) is 22.4 Å². The van der Waals surface area contributed by atoms with E-state index >= 15 is 0 Å². The Kier molecular flexibility index (Phi) is 8.33. The molecule has 6 nitrogen and oxygen atoms in total. The molecule has 39 heavy (non-hydrogen) atoms. The normalized spacial score (nSPS) is 14.3. The fraction of sp³-hybridized carbons (Fsp3) is 0.303. The second kappa shape index (κ2) is 12.2. The highest BCUT2D eigenvalue weighted by Crippen LogP contribution is 2.29. The summed E-state index contributed by atoms with van der Waals surface area (Å²) in [5.74, 6) is -0.0417. The molecule has 1 unspecified atom stereocenters. The minimum atomic E-state index is -0.347. The number of hydrogen-bond donors (Lipinski definition) is 1. The van der Waals surface area contributed by atoms with Crippen LogP contribution in [0, 0.1) is 12.8 Å². The minimum Gasteiger partial charge on any atom is -0.378 e. The Morgan fingerprint density at radius 3 is 2.33 bits per heavy atom. The number of benzene rings is 2. The van der Waals surface area contributed by atoms with Gasteiger partial charge in [0.2, 0.25) is 5.91 Å². The predicted octanol–water partition coefficient (Wildman–Crippen LogP) is 6.72. The lowest BCUT2D eigenvalue weighted by molar-refractivity contribution is -0.118. The van der Waals surface area contributed by atoms with Crippen molar-refractivity contribution in [2.45, 2.75) is 33.1 Å². The molecule has 4 aromatic rings. The molecule has 0 aliphatic carbocycles. The molecule has 5 rings (SSSR count). The standard InChI is InChI=1S/C33H36N4O2/c1-23(2)21-30(33(38)35-28-11-7-25(8-12-28)27-15-16-34-24(3)22-27)32-6-4-5-31(36-32)26-9-13-29(14-10-26)37-17-19-39-20-18-37/h4-16,22-23,30H,17-21H2,1-3H3,(H,35,38). The van der Waals surface area contributed by atoms with E-state index in [4.69, 9.17) is 9.72 Å². The number of morpholine rings is 1. The summed E-state index contributed by atoms with van der Waals surface area (Å²) in [6.45, 7) is 9.60. The average Bonchev–Trinajstić information content (AvgIpc) is 2.97. The molecule has 2 aromatic carbocycles. The predicted molar refractivity (Wildman–Crippen MR) is 158 cm³/mol. The molecule has 1 aliphatic heterocycles. The van der Waals surface area contributed by atoms with Crippen LogP contribution in [0.3, 0.4) is 0 Å². The van der Waals surface area contributed by atoms with Crippen molar-refractivity contribution in [2.75, 3.05) is 36.5 Å². The summed E-state index contributed by atoms with van der Waals surface area (Å²) in [6.07, 6.45) is 2.53. The molecule has 6 heteroatoms. The number of nitrogens with one attached hydrogen (secondary N) is 1. The topological polar surface area (TPSA) is 67.4 Å². The van der Waals surface area contributed by atoms with E-state index in [1.807, 2.05) is 61.7 Å². The Morgan fingerprint density at radius 2 is 1.64 bits per heavy atom. The Morgan fingerprint density at radius 1 is 0.923 bits per heavy atom. The number of pyridine rings is 2. The fourth-order valence-corrected chi connectivity index (χ4v) is 5.00. The first-order valence-electron chi connectivity index (χ1n) is 13.7. The van der Waals surface area contributed by atoms with Crippen molar-refractivity contribution >= 4 is 17.3 Å². The Balaban J connectivity index is 1.33. The largest absolute Gasteiger partial charge is 0.378 e. The molecular formula is C33H36N4O2. The molecule has 0 bridgehead atoms. The summed E-state index contributed by atoms with van der Waals surface area (Å²) >= 11 is 0. The number of carbonyl (C=O) groups excluding carboxylic acids is 1. The molecule has 0 saturated carbocycles. The van der Waals surface area contributed by atoms with Gasteiger partial charge >= 0.3 is 0 Å². The summed E-state index contributed by atoms with van der Waals surface area (Å²) < 4.78 is 5.47. The molecule has 3 heterocycles. The first-order chi connectivity index (χ1) is 19.0. The molecule has 0 radical (unpaired) electrons. The van der Waals surface area contributed by atoms with E-state index in [-0.39, 0.29) is 11.8 Å². The van der Waals surface area contributed by atoms with E-state index in [1.54, 1.807) is 0 Å². The van der Waals surface area contributed by atoms with Crippen LogP contribution < -0.4 is 10.2 Å². The van der Waals surface area contributed by atoms with Crippen LogP contribution in [0.5, 0.6) is 0 Å². The Bertz CT molecular complexity index is 1390. The van der Waals surface area contributed by atoms with Crippen LogP contribution in [-0.2, 0) is 9.53 Å². The van der Waals surface area contributed by atoms with Gasteiger partial charge in [-0.2, -0.15) is 0 Å². The van der Waals surface area contributed by atoms with E-state index in [1.165, 1.54) is 5.69 Å². The number of anilines is 2. The first-order valence-corrected chi connectivity index (χ1v) is 13.7. The molecular weight excluding hydrogens is 484 g/mol. The van der Waals surface area contributed by atoms with E-state index in [0.29, 0.717) is 12.3 Å². The number of rotatable bonds is 8. The fourth-order valence-electron chi connectivity index (χ4n) is 5.00. The van der Waals surface area contributed by atoms with Crippen LogP contribution in [0.25, 0.3) is 22.4 Å². The lowest BCUT2D eigenvalue weighted by Gasteiger charge is -2.28. The maximum absolute atomic E-state index is 13.5. The second-order valence-corrected chi connectivity index (χ2v) is 10.5. The molecule has 1 fully saturated rings. The van der Waals surface area contributed by atoms with Gasteiger partial charge in [-0.05, 0) is 78.9 Å². The zero-order valence-corrected chi connectivity index (χ0v) is 22.9. The van der Waals surface area contributed by atoms with Crippen molar-refractivity contribution in [1.29, 1.82) is 0 Å². The number of aryl methyl sites for hydroxylation is 1. The summed E-state index contributed by atoms with van der Waals surface area (Å²) in [5.41, 5.74) is 7.85. The highest BCUT2D eigenvalue weighted by Gasteiger charge is 2.24. The molecule has 1 amide bonds. The van der Waals surface area contributed by atoms with Gasteiger partial charge < -0.3 is 15.0 Å². The van der Waals surface area contributed by atoms with Gasteiger partial charge in [0.15, 0.2) is 0 Å². The van der Waals surface area contributed by atoms with E-state index < -0.39 is 0 Å². The summed E-state index contributed by atoms with van der Waals surface area (Å²) in [5, 5.41) is 3.13. The SMILES string of the molecule is Cc1cc(-c2ccc(NC(=O)C(CC(C)C)c3cccc(-c4ccc(N5CCOCC5)cc4)n3)cc2)ccn1. The van der Waals surface area contributed by atoms with Crippen LogP contribution in [0.1, 0.15) is 37.6 Å². The molecule has 1 N–H and O–H groups in total. The summed E-state index contributed by atoms with van der Waals surface area (Å²) in [7, 11) is 0. The van der Waals surface area contributed by atoms with Gasteiger partial charge in [-0.1, -0.05) is 44.2 Å². The third kappa shape index (κ3) is 6.70. The zero-order chi connectivity index (χ0) is 27.2.